The van der Waals surface area contributed by atoms with Gasteiger partial charge < -0.3 is 5.11 Å². The van der Waals surface area contributed by atoms with Gasteiger partial charge in [0.2, 0.25) is 0 Å². The van der Waals surface area contributed by atoms with Gasteiger partial charge >= 0.3 is 5.97 Å². The molecule has 0 spiro atoms. The second-order valence-corrected chi connectivity index (χ2v) is 4.21. The summed E-state index contributed by atoms with van der Waals surface area (Å²) in [6.45, 7) is 3.79. The molecule has 0 unspecified atom stereocenters. The van der Waals surface area contributed by atoms with Crippen molar-refractivity contribution >= 4 is 5.97 Å². The Bertz CT molecular complexity index is 675. The van der Waals surface area contributed by atoms with Crippen LogP contribution in [0.4, 0.5) is 0 Å². The van der Waals surface area contributed by atoms with Gasteiger partial charge in [-0.1, -0.05) is 0 Å². The molecule has 0 aliphatic carbocycles. The van der Waals surface area contributed by atoms with Crippen LogP contribution in [0.25, 0.3) is 0 Å². The highest BCUT2D eigenvalue weighted by molar-refractivity contribution is 5.87. The highest BCUT2D eigenvalue weighted by Crippen LogP contribution is 2.03. The van der Waals surface area contributed by atoms with Crippen LogP contribution in [0, 0.1) is 13.8 Å². The zero-order chi connectivity index (χ0) is 14.0. The maximum absolute atomic E-state index is 11.8. The maximum atomic E-state index is 11.8. The third kappa shape index (κ3) is 2.85. The van der Waals surface area contributed by atoms with Crippen molar-refractivity contribution in [3.05, 3.63) is 57.5 Å². The lowest BCUT2D eigenvalue weighted by Crippen LogP contribution is -2.24. The zero-order valence-electron chi connectivity index (χ0n) is 10.6. The first-order valence-electron chi connectivity index (χ1n) is 5.70. The first-order valence-corrected chi connectivity index (χ1v) is 5.70. The summed E-state index contributed by atoms with van der Waals surface area (Å²) in [5.41, 5.74) is 1.26. The molecule has 98 valence electrons. The number of aromatic carboxylic acids is 1. The molecule has 0 aliphatic heterocycles. The zero-order valence-corrected chi connectivity index (χ0v) is 10.6. The van der Waals surface area contributed by atoms with Crippen LogP contribution >= 0.6 is 0 Å². The number of hydrogen-bond donors (Lipinski definition) is 1. The van der Waals surface area contributed by atoms with E-state index in [9.17, 15) is 9.59 Å². The maximum Gasteiger partial charge on any atom is 0.337 e. The lowest BCUT2D eigenvalue weighted by Gasteiger charge is -2.09. The Kier molecular flexibility index (Phi) is 3.41. The molecule has 0 radical (unpaired) electrons. The minimum Gasteiger partial charge on any atom is -0.478 e. The molecule has 6 heteroatoms. The molecule has 0 atom stereocenters. The second kappa shape index (κ2) is 5.01. The number of hydrogen-bond acceptors (Lipinski definition) is 4. The smallest absolute Gasteiger partial charge is 0.337 e. The Morgan fingerprint density at radius 1 is 1.37 bits per heavy atom. The van der Waals surface area contributed by atoms with E-state index < -0.39 is 5.97 Å². The lowest BCUT2D eigenvalue weighted by molar-refractivity contribution is 0.0696. The van der Waals surface area contributed by atoms with Gasteiger partial charge in [0.05, 0.1) is 17.8 Å². The van der Waals surface area contributed by atoms with Crippen molar-refractivity contribution in [1.82, 2.24) is 14.5 Å². The van der Waals surface area contributed by atoms with E-state index in [4.69, 9.17) is 5.11 Å². The van der Waals surface area contributed by atoms with Gasteiger partial charge in [-0.25, -0.2) is 9.78 Å². The molecular weight excluding hydrogens is 246 g/mol. The number of nitrogens with zero attached hydrogens (tertiary/aromatic N) is 3. The molecule has 0 aromatic carbocycles. The summed E-state index contributed by atoms with van der Waals surface area (Å²) in [5, 5.41) is 8.78. The Morgan fingerprint density at radius 3 is 2.63 bits per heavy atom. The lowest BCUT2D eigenvalue weighted by atomic mass is 10.2. The summed E-state index contributed by atoms with van der Waals surface area (Å²) in [6, 6.07) is 4.51. The normalized spacial score (nSPS) is 10.4. The number of rotatable bonds is 3. The molecule has 0 amide bonds. The minimum absolute atomic E-state index is 0.120. The average molecular weight is 259 g/mol. The van der Waals surface area contributed by atoms with Gasteiger partial charge in [-0.05, 0) is 26.0 Å². The quantitative estimate of drug-likeness (QED) is 0.888. The molecule has 0 saturated carbocycles. The van der Waals surface area contributed by atoms with Crippen LogP contribution in [0.15, 0.2) is 29.2 Å². The van der Waals surface area contributed by atoms with E-state index in [1.165, 1.54) is 22.9 Å². The Morgan fingerprint density at radius 2 is 2.11 bits per heavy atom. The Labute approximate surface area is 109 Å². The van der Waals surface area contributed by atoms with E-state index in [1.54, 1.807) is 19.9 Å². The van der Waals surface area contributed by atoms with E-state index in [1.807, 2.05) is 0 Å². The molecule has 19 heavy (non-hydrogen) atoms. The van der Waals surface area contributed by atoms with Gasteiger partial charge in [-0.3, -0.25) is 14.3 Å². The number of aryl methyl sites for hydroxylation is 2. The van der Waals surface area contributed by atoms with Crippen LogP contribution < -0.4 is 5.56 Å². The summed E-state index contributed by atoms with van der Waals surface area (Å²) in [7, 11) is 0. The summed E-state index contributed by atoms with van der Waals surface area (Å²) >= 11 is 0. The van der Waals surface area contributed by atoms with Gasteiger partial charge in [0, 0.05) is 18.0 Å². The van der Waals surface area contributed by atoms with Gasteiger partial charge in [0.1, 0.15) is 5.82 Å². The SMILES string of the molecule is Cc1cc(=O)n(Cc2ccc(C(=O)O)cn2)c(C)n1. The molecule has 0 bridgehead atoms. The van der Waals surface area contributed by atoms with Gasteiger partial charge in [-0.15, -0.1) is 0 Å². The van der Waals surface area contributed by atoms with E-state index >= 15 is 0 Å². The van der Waals surface area contributed by atoms with Crippen molar-refractivity contribution in [2.45, 2.75) is 20.4 Å². The first kappa shape index (κ1) is 12.9. The first-order chi connectivity index (χ1) is 8.97. The third-order valence-corrected chi connectivity index (χ3v) is 2.72. The molecule has 2 aromatic rings. The van der Waals surface area contributed by atoms with Crippen LogP contribution in [-0.4, -0.2) is 25.6 Å². The summed E-state index contributed by atoms with van der Waals surface area (Å²) in [5.74, 6) is -0.418. The van der Waals surface area contributed by atoms with Crippen LogP contribution in [0.1, 0.15) is 27.6 Å². The van der Waals surface area contributed by atoms with E-state index in [-0.39, 0.29) is 17.7 Å². The van der Waals surface area contributed by atoms with Crippen LogP contribution in [0.3, 0.4) is 0 Å². The summed E-state index contributed by atoms with van der Waals surface area (Å²) in [4.78, 5) is 30.8. The third-order valence-electron chi connectivity index (χ3n) is 2.72. The molecule has 2 rings (SSSR count). The molecule has 2 heterocycles. The van der Waals surface area contributed by atoms with E-state index in [0.717, 1.165) is 0 Å². The number of carbonyl (C=O) groups is 1. The monoisotopic (exact) mass is 259 g/mol. The van der Waals surface area contributed by atoms with Crippen LogP contribution in [0.2, 0.25) is 0 Å². The van der Waals surface area contributed by atoms with Crippen molar-refractivity contribution in [3.8, 4) is 0 Å². The Balaban J connectivity index is 2.31. The highest BCUT2D eigenvalue weighted by atomic mass is 16.4. The Hall–Kier alpha value is -2.50. The predicted octanol–water partition coefficient (Wildman–Crippen LogP) is 1.00. The predicted molar refractivity (Wildman–Crippen MR) is 68.3 cm³/mol. The number of pyridine rings is 1. The molecule has 1 N–H and O–H groups in total. The molecule has 6 nitrogen and oxygen atoms in total. The fourth-order valence-corrected chi connectivity index (χ4v) is 1.76. The highest BCUT2D eigenvalue weighted by Gasteiger charge is 2.06. The van der Waals surface area contributed by atoms with Crippen molar-refractivity contribution in [1.29, 1.82) is 0 Å². The fourth-order valence-electron chi connectivity index (χ4n) is 1.76. The van der Waals surface area contributed by atoms with Gasteiger partial charge in [0.25, 0.3) is 5.56 Å². The van der Waals surface area contributed by atoms with Gasteiger partial charge in [-0.2, -0.15) is 0 Å². The summed E-state index contributed by atoms with van der Waals surface area (Å²) in [6.07, 6.45) is 1.28. The molecule has 0 saturated heterocycles. The van der Waals surface area contributed by atoms with Crippen LogP contribution in [0.5, 0.6) is 0 Å². The topological polar surface area (TPSA) is 85.1 Å². The van der Waals surface area contributed by atoms with Crippen LogP contribution in [-0.2, 0) is 6.54 Å². The minimum atomic E-state index is -1.02. The van der Waals surface area contributed by atoms with Crippen molar-refractivity contribution in [2.24, 2.45) is 0 Å². The standard InChI is InChI=1S/C13H13N3O3/c1-8-5-12(17)16(9(2)15-8)7-11-4-3-10(6-14-11)13(18)19/h3-6H,7H2,1-2H3,(H,18,19). The van der Waals surface area contributed by atoms with Crippen molar-refractivity contribution in [3.63, 3.8) is 0 Å². The second-order valence-electron chi connectivity index (χ2n) is 4.21. The average Bonchev–Trinajstić information content (AvgIpc) is 2.34. The molecular formula is C13H13N3O3. The fraction of sp³-hybridized carbons (Fsp3) is 0.231. The largest absolute Gasteiger partial charge is 0.478 e. The van der Waals surface area contributed by atoms with E-state index in [2.05, 4.69) is 9.97 Å². The number of carboxylic acid groups (broad SMARTS) is 1. The molecule has 0 aliphatic rings. The van der Waals surface area contributed by atoms with Crippen molar-refractivity contribution < 1.29 is 9.90 Å². The van der Waals surface area contributed by atoms with E-state index in [0.29, 0.717) is 17.2 Å². The molecule has 0 fully saturated rings. The van der Waals surface area contributed by atoms with Gasteiger partial charge in [0.15, 0.2) is 0 Å². The number of carboxylic acids is 1. The number of aromatic nitrogens is 3. The molecule has 2 aromatic heterocycles. The van der Waals surface area contributed by atoms with Crippen molar-refractivity contribution in [2.75, 3.05) is 0 Å². The summed E-state index contributed by atoms with van der Waals surface area (Å²) < 4.78 is 1.50.